The number of carboxylic acid groups (broad SMARTS) is 1. The molecule has 0 aliphatic rings. The molecule has 0 saturated carbocycles. The van der Waals surface area contributed by atoms with Crippen molar-refractivity contribution in [2.24, 2.45) is 5.92 Å². The number of hydrogen-bond acceptors (Lipinski definition) is 2. The van der Waals surface area contributed by atoms with Crippen molar-refractivity contribution in [3.63, 3.8) is 0 Å². The molecule has 0 heterocycles. The van der Waals surface area contributed by atoms with Crippen LogP contribution in [-0.2, 0) is 17.6 Å². The number of aryl methyl sites for hydroxylation is 2. The van der Waals surface area contributed by atoms with E-state index in [2.05, 4.69) is 6.92 Å². The summed E-state index contributed by atoms with van der Waals surface area (Å²) in [7, 11) is 0. The summed E-state index contributed by atoms with van der Waals surface area (Å²) in [6.45, 7) is 6.13. The number of carbonyl (C=O) groups is 1. The van der Waals surface area contributed by atoms with Crippen molar-refractivity contribution in [3.8, 4) is 5.75 Å². The molecule has 1 aromatic rings. The van der Waals surface area contributed by atoms with Gasteiger partial charge in [0, 0.05) is 0 Å². The van der Waals surface area contributed by atoms with E-state index in [0.29, 0.717) is 12.2 Å². The van der Waals surface area contributed by atoms with Crippen LogP contribution in [0.2, 0.25) is 0 Å². The van der Waals surface area contributed by atoms with Gasteiger partial charge in [-0.25, -0.2) is 0 Å². The lowest BCUT2D eigenvalue weighted by atomic mass is 9.91. The van der Waals surface area contributed by atoms with Crippen LogP contribution in [0.3, 0.4) is 0 Å². The van der Waals surface area contributed by atoms with E-state index in [1.54, 1.807) is 0 Å². The Morgan fingerprint density at radius 3 is 2.08 bits per heavy atom. The molecule has 1 rings (SSSR count). The van der Waals surface area contributed by atoms with Gasteiger partial charge in [-0.1, -0.05) is 83.8 Å². The Morgan fingerprint density at radius 1 is 0.962 bits per heavy atom. The molecule has 1 unspecified atom stereocenters. The summed E-state index contributed by atoms with van der Waals surface area (Å²) in [6, 6.07) is 3.90. The lowest BCUT2D eigenvalue weighted by Crippen LogP contribution is -2.16. The maximum atomic E-state index is 11.6. The minimum absolute atomic E-state index is 0.326. The van der Waals surface area contributed by atoms with E-state index in [1.807, 2.05) is 26.0 Å². The van der Waals surface area contributed by atoms with E-state index in [0.717, 1.165) is 42.4 Å². The maximum Gasteiger partial charge on any atom is 0.306 e. The molecule has 0 saturated heterocycles. The Labute approximate surface area is 159 Å². The van der Waals surface area contributed by atoms with Gasteiger partial charge in [0.05, 0.1) is 5.92 Å². The summed E-state index contributed by atoms with van der Waals surface area (Å²) in [4.78, 5) is 11.6. The summed E-state index contributed by atoms with van der Waals surface area (Å²) in [6.07, 6.45) is 13.3. The maximum absolute atomic E-state index is 11.6. The Hall–Kier alpha value is -1.51. The van der Waals surface area contributed by atoms with Crippen LogP contribution in [0.25, 0.3) is 0 Å². The fraction of sp³-hybridized carbons (Fsp3) is 0.696. The first-order valence-corrected chi connectivity index (χ1v) is 10.5. The zero-order valence-electron chi connectivity index (χ0n) is 17.0. The molecule has 0 spiro atoms. The first kappa shape index (κ1) is 22.5. The summed E-state index contributed by atoms with van der Waals surface area (Å²) in [5.41, 5.74) is 2.78. The molecule has 0 aliphatic carbocycles. The third kappa shape index (κ3) is 8.25. The molecular weight excluding hydrogens is 324 g/mol. The molecule has 2 N–H and O–H groups in total. The largest absolute Gasteiger partial charge is 0.507 e. The van der Waals surface area contributed by atoms with Gasteiger partial charge in [-0.3, -0.25) is 4.79 Å². The van der Waals surface area contributed by atoms with Crippen LogP contribution in [0, 0.1) is 12.8 Å². The summed E-state index contributed by atoms with van der Waals surface area (Å²) in [5.74, 6) is -0.677. The number of phenolic OH excluding ortho intramolecular Hbond substituents is 1. The monoisotopic (exact) mass is 362 g/mol. The molecule has 3 heteroatoms. The standard InChI is InChI=1S/C23H38O3/c1-4-6-7-8-9-10-11-12-13-14-21(23(25)26)17-19-15-18(3)22(24)20(5-2)16-19/h15-16,21,24H,4-14,17H2,1-3H3,(H,25,26). The second kappa shape index (κ2) is 12.8. The van der Waals surface area contributed by atoms with E-state index in [9.17, 15) is 15.0 Å². The van der Waals surface area contributed by atoms with Crippen molar-refractivity contribution in [2.45, 2.75) is 97.8 Å². The molecular formula is C23H38O3. The summed E-state index contributed by atoms with van der Waals surface area (Å²) < 4.78 is 0. The average molecular weight is 363 g/mol. The number of aromatic hydroxyl groups is 1. The van der Waals surface area contributed by atoms with Gasteiger partial charge in [-0.2, -0.15) is 0 Å². The highest BCUT2D eigenvalue weighted by molar-refractivity contribution is 5.70. The number of aliphatic carboxylic acids is 1. The zero-order valence-corrected chi connectivity index (χ0v) is 17.0. The molecule has 0 amide bonds. The van der Waals surface area contributed by atoms with Crippen LogP contribution in [0.1, 0.15) is 94.7 Å². The van der Waals surface area contributed by atoms with Crippen LogP contribution < -0.4 is 0 Å². The highest BCUT2D eigenvalue weighted by atomic mass is 16.4. The number of benzene rings is 1. The molecule has 0 fully saturated rings. The van der Waals surface area contributed by atoms with E-state index >= 15 is 0 Å². The second-order valence-corrected chi connectivity index (χ2v) is 7.63. The van der Waals surface area contributed by atoms with Gasteiger partial charge < -0.3 is 10.2 Å². The number of unbranched alkanes of at least 4 members (excludes halogenated alkanes) is 8. The molecule has 0 radical (unpaired) electrons. The Balaban J connectivity index is 2.38. The Morgan fingerprint density at radius 2 is 1.54 bits per heavy atom. The van der Waals surface area contributed by atoms with Crippen LogP contribution in [0.4, 0.5) is 0 Å². The van der Waals surface area contributed by atoms with Crippen molar-refractivity contribution in [2.75, 3.05) is 0 Å². The van der Waals surface area contributed by atoms with Crippen molar-refractivity contribution in [1.82, 2.24) is 0 Å². The summed E-state index contributed by atoms with van der Waals surface area (Å²) >= 11 is 0. The molecule has 0 aliphatic heterocycles. The molecule has 1 atom stereocenters. The number of phenols is 1. The number of rotatable bonds is 14. The average Bonchev–Trinajstić information content (AvgIpc) is 2.61. The van der Waals surface area contributed by atoms with E-state index in [-0.39, 0.29) is 5.92 Å². The minimum Gasteiger partial charge on any atom is -0.507 e. The van der Waals surface area contributed by atoms with Crippen LogP contribution >= 0.6 is 0 Å². The third-order valence-corrected chi connectivity index (χ3v) is 5.31. The van der Waals surface area contributed by atoms with Crippen molar-refractivity contribution >= 4 is 5.97 Å². The molecule has 26 heavy (non-hydrogen) atoms. The van der Waals surface area contributed by atoms with Crippen molar-refractivity contribution in [1.29, 1.82) is 0 Å². The highest BCUT2D eigenvalue weighted by Crippen LogP contribution is 2.27. The molecule has 1 aromatic carbocycles. The molecule has 0 bridgehead atoms. The first-order valence-electron chi connectivity index (χ1n) is 10.5. The predicted octanol–water partition coefficient (Wildman–Crippen LogP) is 6.43. The first-order chi connectivity index (χ1) is 12.5. The highest BCUT2D eigenvalue weighted by Gasteiger charge is 2.18. The Kier molecular flexibility index (Phi) is 11.1. The smallest absolute Gasteiger partial charge is 0.306 e. The van der Waals surface area contributed by atoms with Gasteiger partial charge in [-0.15, -0.1) is 0 Å². The van der Waals surface area contributed by atoms with Gasteiger partial charge in [0.1, 0.15) is 5.75 Å². The van der Waals surface area contributed by atoms with Crippen LogP contribution in [0.5, 0.6) is 5.75 Å². The molecule has 148 valence electrons. The topological polar surface area (TPSA) is 57.5 Å². The molecule has 3 nitrogen and oxygen atoms in total. The summed E-state index contributed by atoms with van der Waals surface area (Å²) in [5, 5.41) is 19.6. The Bertz CT molecular complexity index is 536. The fourth-order valence-corrected chi connectivity index (χ4v) is 3.62. The van der Waals surface area contributed by atoms with Crippen LogP contribution in [-0.4, -0.2) is 16.2 Å². The normalized spacial score (nSPS) is 12.3. The lowest BCUT2D eigenvalue weighted by molar-refractivity contribution is -0.142. The minimum atomic E-state index is -0.701. The van der Waals surface area contributed by atoms with Crippen molar-refractivity contribution < 1.29 is 15.0 Å². The second-order valence-electron chi connectivity index (χ2n) is 7.63. The lowest BCUT2D eigenvalue weighted by Gasteiger charge is -2.15. The fourth-order valence-electron chi connectivity index (χ4n) is 3.62. The quantitative estimate of drug-likeness (QED) is 0.375. The van der Waals surface area contributed by atoms with Gasteiger partial charge in [0.2, 0.25) is 0 Å². The van der Waals surface area contributed by atoms with Gasteiger partial charge in [0.25, 0.3) is 0 Å². The zero-order chi connectivity index (χ0) is 19.4. The molecule has 0 aromatic heterocycles. The number of hydrogen-bond donors (Lipinski definition) is 2. The number of carboxylic acids is 1. The SMILES string of the molecule is CCCCCCCCCCCC(Cc1cc(C)c(O)c(CC)c1)C(=O)O. The third-order valence-electron chi connectivity index (χ3n) is 5.31. The van der Waals surface area contributed by atoms with Crippen molar-refractivity contribution in [3.05, 3.63) is 28.8 Å². The van der Waals surface area contributed by atoms with E-state index in [4.69, 9.17) is 0 Å². The van der Waals surface area contributed by atoms with Gasteiger partial charge >= 0.3 is 5.97 Å². The predicted molar refractivity (Wildman–Crippen MR) is 109 cm³/mol. The van der Waals surface area contributed by atoms with Crippen LogP contribution in [0.15, 0.2) is 12.1 Å². The van der Waals surface area contributed by atoms with Gasteiger partial charge in [0.15, 0.2) is 0 Å². The van der Waals surface area contributed by atoms with E-state index in [1.165, 1.54) is 44.9 Å². The van der Waals surface area contributed by atoms with E-state index < -0.39 is 5.97 Å². The van der Waals surface area contributed by atoms with Gasteiger partial charge in [-0.05, 0) is 42.9 Å².